The minimum atomic E-state index is -0.676. The van der Waals surface area contributed by atoms with Crippen LogP contribution in [0.3, 0.4) is 0 Å². The smallest absolute Gasteiger partial charge is 0.314 e. The lowest BCUT2D eigenvalue weighted by Gasteiger charge is -2.39. The van der Waals surface area contributed by atoms with E-state index in [1.165, 1.54) is 6.07 Å². The van der Waals surface area contributed by atoms with E-state index in [4.69, 9.17) is 0 Å². The second-order valence-electron chi connectivity index (χ2n) is 8.62. The molecule has 24 heavy (non-hydrogen) atoms. The van der Waals surface area contributed by atoms with Gasteiger partial charge in [0, 0.05) is 12.6 Å². The van der Waals surface area contributed by atoms with Gasteiger partial charge < -0.3 is 15.3 Å². The van der Waals surface area contributed by atoms with E-state index in [-0.39, 0.29) is 28.3 Å². The van der Waals surface area contributed by atoms with Gasteiger partial charge in [0.05, 0.1) is 5.69 Å². The molecule has 1 aliphatic heterocycles. The molecule has 2 fully saturated rings. The van der Waals surface area contributed by atoms with Crippen molar-refractivity contribution in [1.82, 2.24) is 4.90 Å². The summed E-state index contributed by atoms with van der Waals surface area (Å²) >= 11 is 0. The molecule has 2 atom stereocenters. The first kappa shape index (κ1) is 16.8. The fourth-order valence-electron chi connectivity index (χ4n) is 4.75. The Morgan fingerprint density at radius 1 is 1.25 bits per heavy atom. The van der Waals surface area contributed by atoms with E-state index >= 15 is 0 Å². The fraction of sp³-hybridized carbons (Fsp3) is 0.579. The number of nitrogens with zero attached hydrogens (tertiary/aromatic N) is 1. The van der Waals surface area contributed by atoms with Crippen LogP contribution in [0.2, 0.25) is 0 Å². The SMILES string of the molecule is Cc1ccc(O)c(NC(=O)C(=O)N2CC3(C)CC2CC(C)(C)C3)c1. The molecule has 2 N–H and O–H groups in total. The van der Waals surface area contributed by atoms with Gasteiger partial charge in [-0.25, -0.2) is 0 Å². The van der Waals surface area contributed by atoms with Gasteiger partial charge in [0.2, 0.25) is 0 Å². The second-order valence-corrected chi connectivity index (χ2v) is 8.62. The highest BCUT2D eigenvalue weighted by molar-refractivity contribution is 6.39. The largest absolute Gasteiger partial charge is 0.506 e. The number of phenols is 1. The number of hydrogen-bond donors (Lipinski definition) is 2. The van der Waals surface area contributed by atoms with Gasteiger partial charge in [-0.1, -0.05) is 26.8 Å². The van der Waals surface area contributed by atoms with E-state index in [2.05, 4.69) is 26.1 Å². The maximum atomic E-state index is 12.7. The molecule has 2 bridgehead atoms. The zero-order chi connectivity index (χ0) is 17.7. The summed E-state index contributed by atoms with van der Waals surface area (Å²) < 4.78 is 0. The van der Waals surface area contributed by atoms with Gasteiger partial charge in [0.25, 0.3) is 0 Å². The van der Waals surface area contributed by atoms with E-state index in [0.29, 0.717) is 6.54 Å². The molecule has 0 spiro atoms. The third-order valence-corrected chi connectivity index (χ3v) is 5.27. The number of benzene rings is 1. The summed E-state index contributed by atoms with van der Waals surface area (Å²) in [5.74, 6) is -1.21. The maximum absolute atomic E-state index is 12.7. The number of likely N-dealkylation sites (tertiary alicyclic amines) is 1. The Labute approximate surface area is 143 Å². The second kappa shape index (κ2) is 5.50. The number of aryl methyl sites for hydroxylation is 1. The van der Waals surface area contributed by atoms with Crippen molar-refractivity contribution in [1.29, 1.82) is 0 Å². The number of aromatic hydroxyl groups is 1. The maximum Gasteiger partial charge on any atom is 0.314 e. The first-order valence-corrected chi connectivity index (χ1v) is 8.50. The molecule has 0 aromatic heterocycles. The van der Waals surface area contributed by atoms with E-state index in [0.717, 1.165) is 24.8 Å². The van der Waals surface area contributed by atoms with Crippen molar-refractivity contribution in [3.8, 4) is 5.75 Å². The molecule has 5 nitrogen and oxygen atoms in total. The Balaban J connectivity index is 1.75. The molecule has 1 aromatic rings. The van der Waals surface area contributed by atoms with Gasteiger partial charge in [-0.2, -0.15) is 0 Å². The number of anilines is 1. The number of rotatable bonds is 1. The first-order chi connectivity index (χ1) is 11.1. The third-order valence-electron chi connectivity index (χ3n) is 5.27. The molecule has 5 heteroatoms. The van der Waals surface area contributed by atoms with Gasteiger partial charge in [0.15, 0.2) is 0 Å². The van der Waals surface area contributed by atoms with Gasteiger partial charge >= 0.3 is 11.8 Å². The summed E-state index contributed by atoms with van der Waals surface area (Å²) in [5.41, 5.74) is 1.47. The topological polar surface area (TPSA) is 69.6 Å². The summed E-state index contributed by atoms with van der Waals surface area (Å²) in [6.45, 7) is 9.17. The van der Waals surface area contributed by atoms with Crippen LogP contribution in [-0.2, 0) is 9.59 Å². The molecule has 2 amide bonds. The Morgan fingerprint density at radius 3 is 2.67 bits per heavy atom. The molecule has 1 heterocycles. The first-order valence-electron chi connectivity index (χ1n) is 8.50. The normalized spacial score (nSPS) is 27.8. The van der Waals surface area contributed by atoms with Crippen molar-refractivity contribution >= 4 is 17.5 Å². The van der Waals surface area contributed by atoms with Crippen molar-refractivity contribution in [2.24, 2.45) is 10.8 Å². The average Bonchev–Trinajstić information content (AvgIpc) is 2.71. The quantitative estimate of drug-likeness (QED) is 0.614. The molecule has 2 unspecified atom stereocenters. The zero-order valence-corrected chi connectivity index (χ0v) is 14.8. The van der Waals surface area contributed by atoms with Crippen LogP contribution >= 0.6 is 0 Å². The Hall–Kier alpha value is -2.04. The van der Waals surface area contributed by atoms with Gasteiger partial charge in [-0.05, 0) is 54.7 Å². The molecular formula is C19H26N2O3. The summed E-state index contributed by atoms with van der Waals surface area (Å²) in [4.78, 5) is 26.8. The summed E-state index contributed by atoms with van der Waals surface area (Å²) in [7, 11) is 0. The molecule has 1 aromatic carbocycles. The molecule has 1 saturated carbocycles. The number of hydrogen-bond acceptors (Lipinski definition) is 3. The van der Waals surface area contributed by atoms with Crippen molar-refractivity contribution < 1.29 is 14.7 Å². The van der Waals surface area contributed by atoms with E-state index in [1.54, 1.807) is 17.0 Å². The fourth-order valence-corrected chi connectivity index (χ4v) is 4.75. The van der Waals surface area contributed by atoms with Crippen molar-refractivity contribution in [3.63, 3.8) is 0 Å². The minimum absolute atomic E-state index is 0.0324. The molecule has 0 radical (unpaired) electrons. The highest BCUT2D eigenvalue weighted by Crippen LogP contribution is 2.52. The monoisotopic (exact) mass is 330 g/mol. The van der Waals surface area contributed by atoms with Crippen LogP contribution in [0.5, 0.6) is 5.75 Å². The molecule has 130 valence electrons. The van der Waals surface area contributed by atoms with Gasteiger partial charge in [-0.3, -0.25) is 9.59 Å². The lowest BCUT2D eigenvalue weighted by molar-refractivity contribution is -0.144. The summed E-state index contributed by atoms with van der Waals surface area (Å²) in [6, 6.07) is 5.05. The predicted octanol–water partition coefficient (Wildman–Crippen LogP) is 3.07. The number of carbonyl (C=O) groups excluding carboxylic acids is 2. The van der Waals surface area contributed by atoms with Crippen LogP contribution in [0.15, 0.2) is 18.2 Å². The molecule has 1 saturated heterocycles. The zero-order valence-electron chi connectivity index (χ0n) is 14.8. The van der Waals surface area contributed by atoms with E-state index in [9.17, 15) is 14.7 Å². The van der Waals surface area contributed by atoms with Crippen LogP contribution in [0.1, 0.15) is 45.6 Å². The number of phenolic OH excluding ortho intramolecular Hbond substituents is 1. The van der Waals surface area contributed by atoms with Crippen LogP contribution in [0.4, 0.5) is 5.69 Å². The molecule has 1 aliphatic carbocycles. The van der Waals surface area contributed by atoms with Crippen LogP contribution < -0.4 is 5.32 Å². The predicted molar refractivity (Wildman–Crippen MR) is 92.7 cm³/mol. The molecule has 3 rings (SSSR count). The number of carbonyl (C=O) groups is 2. The summed E-state index contributed by atoms with van der Waals surface area (Å²) in [6.07, 6.45) is 2.96. The van der Waals surface area contributed by atoms with Crippen molar-refractivity contribution in [3.05, 3.63) is 23.8 Å². The number of nitrogens with one attached hydrogen (secondary N) is 1. The Morgan fingerprint density at radius 2 is 1.96 bits per heavy atom. The Bertz CT molecular complexity index is 698. The summed E-state index contributed by atoms with van der Waals surface area (Å²) in [5, 5.41) is 12.4. The van der Waals surface area contributed by atoms with Crippen LogP contribution in [-0.4, -0.2) is 34.4 Å². The lowest BCUT2D eigenvalue weighted by Crippen LogP contribution is -2.43. The molecular weight excluding hydrogens is 304 g/mol. The van der Waals surface area contributed by atoms with E-state index in [1.807, 2.05) is 6.92 Å². The molecule has 2 aliphatic rings. The van der Waals surface area contributed by atoms with Gasteiger partial charge in [0.1, 0.15) is 5.75 Å². The van der Waals surface area contributed by atoms with Crippen molar-refractivity contribution in [2.45, 2.75) is 53.0 Å². The van der Waals surface area contributed by atoms with E-state index < -0.39 is 11.8 Å². The highest BCUT2D eigenvalue weighted by Gasteiger charge is 2.51. The van der Waals surface area contributed by atoms with Gasteiger partial charge in [-0.15, -0.1) is 0 Å². The highest BCUT2D eigenvalue weighted by atomic mass is 16.3. The van der Waals surface area contributed by atoms with Crippen LogP contribution in [0, 0.1) is 17.8 Å². The lowest BCUT2D eigenvalue weighted by atomic mass is 9.65. The average molecular weight is 330 g/mol. The van der Waals surface area contributed by atoms with Crippen molar-refractivity contribution in [2.75, 3.05) is 11.9 Å². The van der Waals surface area contributed by atoms with Crippen LogP contribution in [0.25, 0.3) is 0 Å². The number of amides is 2. The third kappa shape index (κ3) is 3.12. The minimum Gasteiger partial charge on any atom is -0.506 e. The standard InChI is InChI=1S/C19H26N2O3/c1-12-5-6-15(22)14(7-12)20-16(23)17(24)21-11-19(4)9-13(21)8-18(2,3)10-19/h5-7,13,22H,8-11H2,1-4H3,(H,20,23). The number of fused-ring (bicyclic) bond motifs is 2. The Kier molecular flexibility index (Phi) is 3.85.